The number of carbonyl (C=O) groups excluding carboxylic acids is 1. The van der Waals surface area contributed by atoms with Crippen molar-refractivity contribution in [1.82, 2.24) is 24.5 Å². The summed E-state index contributed by atoms with van der Waals surface area (Å²) in [5.41, 5.74) is 1.75. The van der Waals surface area contributed by atoms with Crippen molar-refractivity contribution in [2.24, 2.45) is 0 Å². The largest absolute Gasteiger partial charge is 0.365 e. The molecule has 0 bridgehead atoms. The summed E-state index contributed by atoms with van der Waals surface area (Å²) in [5, 5.41) is 8.77. The molecular weight excluding hydrogens is 452 g/mol. The van der Waals surface area contributed by atoms with Gasteiger partial charge in [-0.3, -0.25) is 14.3 Å². The van der Waals surface area contributed by atoms with Crippen molar-refractivity contribution in [3.63, 3.8) is 0 Å². The summed E-state index contributed by atoms with van der Waals surface area (Å²) in [5.74, 6) is -0.0155. The van der Waals surface area contributed by atoms with Crippen molar-refractivity contribution < 1.29 is 4.79 Å². The van der Waals surface area contributed by atoms with Gasteiger partial charge in [0.1, 0.15) is 5.02 Å². The molecule has 5 rings (SSSR count). The fraction of sp³-hybridized carbons (Fsp3) is 0.200. The van der Waals surface area contributed by atoms with Gasteiger partial charge in [0.25, 0.3) is 11.5 Å². The molecule has 4 aromatic rings. The predicted octanol–water partition coefficient (Wildman–Crippen LogP) is 3.02. The number of piperazine rings is 1. The van der Waals surface area contributed by atoms with E-state index < -0.39 is 6.04 Å². The van der Waals surface area contributed by atoms with E-state index in [1.807, 2.05) is 64.4 Å². The van der Waals surface area contributed by atoms with Crippen LogP contribution in [0.15, 0.2) is 90.1 Å². The molecule has 1 aliphatic heterocycles. The first-order chi connectivity index (χ1) is 16.6. The maximum absolute atomic E-state index is 13.5. The standard InChI is InChI=1S/C25H23ClN6O2/c26-22-21(18-28-32(24(22)33)20-10-5-2-6-11-20)29-14-16-30(17-15-29)25(34)23(31-13-7-12-27-31)19-8-3-1-4-9-19/h1-13,18,23H,14-17H2. The van der Waals surface area contributed by atoms with Crippen LogP contribution in [0.3, 0.4) is 0 Å². The lowest BCUT2D eigenvalue weighted by Gasteiger charge is -2.37. The number of rotatable bonds is 5. The van der Waals surface area contributed by atoms with Crippen molar-refractivity contribution in [2.75, 3.05) is 31.1 Å². The van der Waals surface area contributed by atoms with Crippen molar-refractivity contribution in [2.45, 2.75) is 6.04 Å². The topological polar surface area (TPSA) is 76.3 Å². The third-order valence-corrected chi connectivity index (χ3v) is 6.33. The second-order valence-electron chi connectivity index (χ2n) is 8.01. The molecule has 2 aromatic heterocycles. The van der Waals surface area contributed by atoms with E-state index in [1.165, 1.54) is 4.68 Å². The summed E-state index contributed by atoms with van der Waals surface area (Å²) in [4.78, 5) is 30.2. The fourth-order valence-electron chi connectivity index (χ4n) is 4.22. The highest BCUT2D eigenvalue weighted by Gasteiger charge is 2.31. The van der Waals surface area contributed by atoms with E-state index in [9.17, 15) is 9.59 Å². The summed E-state index contributed by atoms with van der Waals surface area (Å²) >= 11 is 6.47. The average Bonchev–Trinajstić information content (AvgIpc) is 3.41. The molecule has 172 valence electrons. The molecule has 3 heterocycles. The molecule has 8 nitrogen and oxygen atoms in total. The summed E-state index contributed by atoms with van der Waals surface area (Å²) in [6, 6.07) is 20.1. The van der Waals surface area contributed by atoms with E-state index in [2.05, 4.69) is 10.2 Å². The lowest BCUT2D eigenvalue weighted by molar-refractivity contribution is -0.134. The zero-order valence-corrected chi connectivity index (χ0v) is 19.1. The summed E-state index contributed by atoms with van der Waals surface area (Å²) in [6.07, 6.45) is 5.09. The van der Waals surface area contributed by atoms with Crippen molar-refractivity contribution in [3.05, 3.63) is 106 Å². The first kappa shape index (κ1) is 21.9. The van der Waals surface area contributed by atoms with Crippen LogP contribution in [0.25, 0.3) is 5.69 Å². The van der Waals surface area contributed by atoms with Gasteiger partial charge in [-0.15, -0.1) is 0 Å². The molecule has 2 aromatic carbocycles. The number of hydrogen-bond donors (Lipinski definition) is 0. The molecule has 9 heteroatoms. The Morgan fingerprint density at radius 3 is 2.21 bits per heavy atom. The molecule has 0 saturated carbocycles. The van der Waals surface area contributed by atoms with Gasteiger partial charge in [0.15, 0.2) is 6.04 Å². The van der Waals surface area contributed by atoms with Crippen molar-refractivity contribution in [3.8, 4) is 5.69 Å². The number of hydrogen-bond acceptors (Lipinski definition) is 5. The Kier molecular flexibility index (Phi) is 6.14. The molecule has 1 fully saturated rings. The van der Waals surface area contributed by atoms with Crippen LogP contribution in [0.1, 0.15) is 11.6 Å². The Bertz CT molecular complexity index is 1320. The van der Waals surface area contributed by atoms with Crippen LogP contribution >= 0.6 is 11.6 Å². The molecule has 1 unspecified atom stereocenters. The van der Waals surface area contributed by atoms with E-state index in [1.54, 1.807) is 35.4 Å². The fourth-order valence-corrected chi connectivity index (χ4v) is 4.46. The lowest BCUT2D eigenvalue weighted by Crippen LogP contribution is -2.51. The van der Waals surface area contributed by atoms with Crippen LogP contribution < -0.4 is 10.5 Å². The molecule has 1 aliphatic rings. The maximum atomic E-state index is 13.5. The van der Waals surface area contributed by atoms with E-state index in [0.29, 0.717) is 37.6 Å². The quantitative estimate of drug-likeness (QED) is 0.444. The number of nitrogens with zero attached hydrogens (tertiary/aromatic N) is 6. The van der Waals surface area contributed by atoms with Gasteiger partial charge in [0, 0.05) is 38.6 Å². The zero-order chi connectivity index (χ0) is 23.5. The molecule has 1 amide bonds. The van der Waals surface area contributed by atoms with Gasteiger partial charge in [-0.05, 0) is 23.8 Å². The predicted molar refractivity (Wildman–Crippen MR) is 130 cm³/mol. The molecule has 0 aliphatic carbocycles. The number of carbonyl (C=O) groups is 1. The van der Waals surface area contributed by atoms with Gasteiger partial charge in [0.05, 0.1) is 17.6 Å². The molecule has 1 saturated heterocycles. The Labute approximate surface area is 201 Å². The lowest BCUT2D eigenvalue weighted by atomic mass is 10.1. The molecular formula is C25H23ClN6O2. The van der Waals surface area contributed by atoms with Gasteiger partial charge in [0.2, 0.25) is 0 Å². The highest BCUT2D eigenvalue weighted by molar-refractivity contribution is 6.33. The average molecular weight is 475 g/mol. The normalized spacial score (nSPS) is 14.7. The first-order valence-electron chi connectivity index (χ1n) is 11.0. The third kappa shape index (κ3) is 4.20. The second kappa shape index (κ2) is 9.52. The highest BCUT2D eigenvalue weighted by atomic mass is 35.5. The van der Waals surface area contributed by atoms with Gasteiger partial charge >= 0.3 is 0 Å². The Morgan fingerprint density at radius 1 is 0.882 bits per heavy atom. The van der Waals surface area contributed by atoms with Crippen LogP contribution in [0.2, 0.25) is 5.02 Å². The van der Waals surface area contributed by atoms with Crippen LogP contribution in [-0.2, 0) is 4.79 Å². The molecule has 1 atom stereocenters. The Hall–Kier alpha value is -3.91. The van der Waals surface area contributed by atoms with Gasteiger partial charge in [-0.1, -0.05) is 60.1 Å². The third-order valence-electron chi connectivity index (χ3n) is 5.97. The van der Waals surface area contributed by atoms with E-state index >= 15 is 0 Å². The molecule has 0 radical (unpaired) electrons. The van der Waals surface area contributed by atoms with Gasteiger partial charge < -0.3 is 9.80 Å². The van der Waals surface area contributed by atoms with Gasteiger partial charge in [-0.25, -0.2) is 0 Å². The summed E-state index contributed by atoms with van der Waals surface area (Å²) in [7, 11) is 0. The van der Waals surface area contributed by atoms with Crippen LogP contribution in [0, 0.1) is 0 Å². The highest BCUT2D eigenvalue weighted by Crippen LogP contribution is 2.25. The molecule has 0 N–H and O–H groups in total. The number of anilines is 1. The van der Waals surface area contributed by atoms with Crippen LogP contribution in [0.4, 0.5) is 5.69 Å². The van der Waals surface area contributed by atoms with E-state index in [0.717, 1.165) is 5.56 Å². The first-order valence-corrected chi connectivity index (χ1v) is 11.4. The van der Waals surface area contributed by atoms with Crippen LogP contribution in [-0.4, -0.2) is 56.5 Å². The molecule has 0 spiro atoms. The SMILES string of the molecule is O=C(C(c1ccccc1)n1cccn1)N1CCN(c2cnn(-c3ccccc3)c(=O)c2Cl)CC1. The Morgan fingerprint density at radius 2 is 1.56 bits per heavy atom. The van der Waals surface area contributed by atoms with Gasteiger partial charge in [-0.2, -0.15) is 14.9 Å². The Balaban J connectivity index is 1.33. The van der Waals surface area contributed by atoms with Crippen LogP contribution in [0.5, 0.6) is 0 Å². The minimum Gasteiger partial charge on any atom is -0.365 e. The molecule has 34 heavy (non-hydrogen) atoms. The van der Waals surface area contributed by atoms with E-state index in [4.69, 9.17) is 11.6 Å². The number of amides is 1. The van der Waals surface area contributed by atoms with Crippen molar-refractivity contribution in [1.29, 1.82) is 0 Å². The monoisotopic (exact) mass is 474 g/mol. The summed E-state index contributed by atoms with van der Waals surface area (Å²) < 4.78 is 2.98. The van der Waals surface area contributed by atoms with Crippen molar-refractivity contribution >= 4 is 23.2 Å². The smallest absolute Gasteiger partial charge is 0.292 e. The number of benzene rings is 2. The van der Waals surface area contributed by atoms with E-state index in [-0.39, 0.29) is 16.5 Å². The minimum atomic E-state index is -0.525. The maximum Gasteiger partial charge on any atom is 0.292 e. The number of aromatic nitrogens is 4. The number of para-hydroxylation sites is 1. The summed E-state index contributed by atoms with van der Waals surface area (Å²) in [6.45, 7) is 2.09. The number of halogens is 1. The second-order valence-corrected chi connectivity index (χ2v) is 8.39. The zero-order valence-electron chi connectivity index (χ0n) is 18.4. The minimum absolute atomic E-state index is 0.0155.